The highest BCUT2D eigenvalue weighted by atomic mass is 32.1. The average molecular weight is 345 g/mol. The number of rotatable bonds is 8. The number of hydrogen-bond donors (Lipinski definition) is 2. The Balaban J connectivity index is 1.40. The lowest BCUT2D eigenvalue weighted by molar-refractivity contribution is -0.120. The number of nitrogens with zero attached hydrogens (tertiary/aromatic N) is 1. The molecule has 128 valence electrons. The summed E-state index contributed by atoms with van der Waals surface area (Å²) < 4.78 is 5.42. The average Bonchev–Trinajstić information content (AvgIpc) is 3.16. The molecule has 0 saturated heterocycles. The number of ether oxygens (including phenoxy) is 1. The van der Waals surface area contributed by atoms with Crippen LogP contribution in [0.5, 0.6) is 5.75 Å². The Morgan fingerprint density at radius 2 is 2.12 bits per heavy atom. The summed E-state index contributed by atoms with van der Waals surface area (Å²) >= 11 is 1.80. The van der Waals surface area contributed by atoms with E-state index in [1.165, 1.54) is 23.4 Å². The van der Waals surface area contributed by atoms with Crippen molar-refractivity contribution >= 4 is 17.2 Å². The fourth-order valence-corrected chi connectivity index (χ4v) is 3.94. The van der Waals surface area contributed by atoms with E-state index in [0.29, 0.717) is 26.1 Å². The van der Waals surface area contributed by atoms with Crippen LogP contribution in [0, 0.1) is 0 Å². The Kier molecular flexibility index (Phi) is 5.82. The van der Waals surface area contributed by atoms with Gasteiger partial charge in [-0.3, -0.25) is 4.79 Å². The van der Waals surface area contributed by atoms with Gasteiger partial charge in [0.15, 0.2) is 0 Å². The molecule has 3 N–H and O–H groups in total. The number of nitrogens with two attached hydrogens (primary N) is 1. The Bertz CT molecular complexity index is 661. The second kappa shape index (κ2) is 8.26. The lowest BCUT2D eigenvalue weighted by Crippen LogP contribution is -2.27. The molecule has 24 heavy (non-hydrogen) atoms. The van der Waals surface area contributed by atoms with Crippen molar-refractivity contribution in [1.82, 2.24) is 10.3 Å². The van der Waals surface area contributed by atoms with E-state index in [1.54, 1.807) is 11.3 Å². The molecule has 3 rings (SSSR count). The third kappa shape index (κ3) is 4.55. The van der Waals surface area contributed by atoms with E-state index >= 15 is 0 Å². The van der Waals surface area contributed by atoms with Crippen LogP contribution in [-0.4, -0.2) is 30.6 Å². The van der Waals surface area contributed by atoms with Gasteiger partial charge in [0.2, 0.25) is 5.91 Å². The molecule has 0 spiro atoms. The number of aryl methyl sites for hydroxylation is 2. The Morgan fingerprint density at radius 1 is 1.29 bits per heavy atom. The standard InChI is InChI=1S/C18H23N3O2S/c19-9-11-23-14-6-4-13(5-7-14)12-17(22)20-10-8-18-21-15-2-1-3-16(15)24-18/h4-7H,1-3,8-12,19H2,(H,20,22). The van der Waals surface area contributed by atoms with Gasteiger partial charge in [0, 0.05) is 24.4 Å². The number of carbonyl (C=O) groups excluding carboxylic acids is 1. The van der Waals surface area contributed by atoms with Gasteiger partial charge in [-0.05, 0) is 37.0 Å². The Labute approximate surface area is 146 Å². The van der Waals surface area contributed by atoms with Gasteiger partial charge in [-0.1, -0.05) is 12.1 Å². The van der Waals surface area contributed by atoms with Gasteiger partial charge < -0.3 is 15.8 Å². The molecule has 0 aliphatic heterocycles. The summed E-state index contributed by atoms with van der Waals surface area (Å²) in [6.45, 7) is 1.63. The molecular weight excluding hydrogens is 322 g/mol. The smallest absolute Gasteiger partial charge is 0.224 e. The van der Waals surface area contributed by atoms with Crippen LogP contribution in [0.3, 0.4) is 0 Å². The summed E-state index contributed by atoms with van der Waals surface area (Å²) in [6, 6.07) is 7.57. The Morgan fingerprint density at radius 3 is 2.88 bits per heavy atom. The predicted molar refractivity (Wildman–Crippen MR) is 95.5 cm³/mol. The van der Waals surface area contributed by atoms with Gasteiger partial charge in [-0.25, -0.2) is 4.98 Å². The van der Waals surface area contributed by atoms with Crippen LogP contribution in [0.4, 0.5) is 0 Å². The van der Waals surface area contributed by atoms with Crippen LogP contribution in [-0.2, 0) is 30.5 Å². The first-order valence-electron chi connectivity index (χ1n) is 8.40. The first kappa shape index (κ1) is 16.9. The first-order valence-corrected chi connectivity index (χ1v) is 9.22. The van der Waals surface area contributed by atoms with Crippen LogP contribution in [0.15, 0.2) is 24.3 Å². The van der Waals surface area contributed by atoms with E-state index < -0.39 is 0 Å². The van der Waals surface area contributed by atoms with Gasteiger partial charge >= 0.3 is 0 Å². The molecular formula is C18H23N3O2S. The zero-order valence-corrected chi connectivity index (χ0v) is 14.5. The monoisotopic (exact) mass is 345 g/mol. The molecule has 0 unspecified atom stereocenters. The molecule has 0 atom stereocenters. The third-order valence-electron chi connectivity index (χ3n) is 3.98. The molecule has 1 aromatic carbocycles. The van der Waals surface area contributed by atoms with Gasteiger partial charge in [-0.2, -0.15) is 0 Å². The molecule has 0 saturated carbocycles. The maximum atomic E-state index is 12.0. The first-order chi connectivity index (χ1) is 11.7. The normalized spacial score (nSPS) is 12.9. The molecule has 1 aliphatic rings. The van der Waals surface area contributed by atoms with E-state index in [9.17, 15) is 4.79 Å². The highest BCUT2D eigenvalue weighted by molar-refractivity contribution is 7.11. The number of aromatic nitrogens is 1. The van der Waals surface area contributed by atoms with Crippen LogP contribution in [0.1, 0.15) is 27.6 Å². The van der Waals surface area contributed by atoms with Crippen LogP contribution in [0.2, 0.25) is 0 Å². The zero-order valence-electron chi connectivity index (χ0n) is 13.7. The minimum absolute atomic E-state index is 0.0368. The van der Waals surface area contributed by atoms with E-state index in [-0.39, 0.29) is 5.91 Å². The highest BCUT2D eigenvalue weighted by Gasteiger charge is 2.16. The molecule has 1 amide bonds. The van der Waals surface area contributed by atoms with Crippen molar-refractivity contribution in [1.29, 1.82) is 0 Å². The van der Waals surface area contributed by atoms with Crippen molar-refractivity contribution in [2.24, 2.45) is 5.73 Å². The van der Waals surface area contributed by atoms with Crippen LogP contribution in [0.25, 0.3) is 0 Å². The number of benzene rings is 1. The highest BCUT2D eigenvalue weighted by Crippen LogP contribution is 2.27. The molecule has 5 nitrogen and oxygen atoms in total. The Hall–Kier alpha value is -1.92. The maximum Gasteiger partial charge on any atom is 0.224 e. The van der Waals surface area contributed by atoms with Gasteiger partial charge in [0.05, 0.1) is 17.1 Å². The molecule has 2 aromatic rings. The molecule has 0 fully saturated rings. The second-order valence-corrected chi connectivity index (χ2v) is 7.06. The summed E-state index contributed by atoms with van der Waals surface area (Å²) in [5, 5.41) is 4.11. The van der Waals surface area contributed by atoms with E-state index in [1.807, 2.05) is 24.3 Å². The van der Waals surface area contributed by atoms with E-state index in [2.05, 4.69) is 10.3 Å². The number of thiazole rings is 1. The topological polar surface area (TPSA) is 77.2 Å². The molecule has 1 aromatic heterocycles. The molecule has 0 bridgehead atoms. The second-order valence-electron chi connectivity index (χ2n) is 5.89. The molecule has 6 heteroatoms. The van der Waals surface area contributed by atoms with Crippen LogP contribution < -0.4 is 15.8 Å². The number of hydrogen-bond acceptors (Lipinski definition) is 5. The summed E-state index contributed by atoms with van der Waals surface area (Å²) in [6.07, 6.45) is 4.72. The largest absolute Gasteiger partial charge is 0.492 e. The summed E-state index contributed by atoms with van der Waals surface area (Å²) in [7, 11) is 0. The van der Waals surface area contributed by atoms with E-state index in [0.717, 1.165) is 29.2 Å². The SMILES string of the molecule is NCCOc1ccc(CC(=O)NCCc2nc3c(s2)CCC3)cc1. The lowest BCUT2D eigenvalue weighted by Gasteiger charge is -2.07. The van der Waals surface area contributed by atoms with Crippen molar-refractivity contribution in [3.8, 4) is 5.75 Å². The number of carbonyl (C=O) groups is 1. The van der Waals surface area contributed by atoms with Gasteiger partial charge in [0.1, 0.15) is 12.4 Å². The lowest BCUT2D eigenvalue weighted by atomic mass is 10.1. The summed E-state index contributed by atoms with van der Waals surface area (Å²) in [5.74, 6) is 0.816. The van der Waals surface area contributed by atoms with E-state index in [4.69, 9.17) is 10.5 Å². The van der Waals surface area contributed by atoms with Crippen molar-refractivity contribution < 1.29 is 9.53 Å². The molecule has 0 radical (unpaired) electrons. The van der Waals surface area contributed by atoms with Crippen molar-refractivity contribution in [3.05, 3.63) is 45.4 Å². The van der Waals surface area contributed by atoms with Gasteiger partial charge in [-0.15, -0.1) is 11.3 Å². The number of nitrogens with one attached hydrogen (secondary N) is 1. The number of fused-ring (bicyclic) bond motifs is 1. The maximum absolute atomic E-state index is 12.0. The number of amides is 1. The predicted octanol–water partition coefficient (Wildman–Crippen LogP) is 1.87. The molecule has 1 aliphatic carbocycles. The third-order valence-corrected chi connectivity index (χ3v) is 5.19. The minimum atomic E-state index is 0.0368. The van der Waals surface area contributed by atoms with Gasteiger partial charge in [0.25, 0.3) is 0 Å². The quantitative estimate of drug-likeness (QED) is 0.766. The fraction of sp³-hybridized carbons (Fsp3) is 0.444. The van der Waals surface area contributed by atoms with Crippen molar-refractivity contribution in [3.63, 3.8) is 0 Å². The fourth-order valence-electron chi connectivity index (χ4n) is 2.79. The van der Waals surface area contributed by atoms with Crippen molar-refractivity contribution in [2.45, 2.75) is 32.1 Å². The molecule has 1 heterocycles. The van der Waals surface area contributed by atoms with Crippen molar-refractivity contribution in [2.75, 3.05) is 19.7 Å². The minimum Gasteiger partial charge on any atom is -0.492 e. The zero-order chi connectivity index (χ0) is 16.8. The summed E-state index contributed by atoms with van der Waals surface area (Å²) in [4.78, 5) is 18.1. The summed E-state index contributed by atoms with van der Waals surface area (Å²) in [5.41, 5.74) is 7.65. The van der Waals surface area contributed by atoms with Crippen LogP contribution >= 0.6 is 11.3 Å².